The lowest BCUT2D eigenvalue weighted by Gasteiger charge is -2.28. The highest BCUT2D eigenvalue weighted by Gasteiger charge is 2.23. The lowest BCUT2D eigenvalue weighted by molar-refractivity contribution is 0.569. The zero-order valence-corrected chi connectivity index (χ0v) is 33.1. The molecule has 0 fully saturated rings. The Morgan fingerprint density at radius 2 is 0.893 bits per heavy atom. The van der Waals surface area contributed by atoms with Crippen molar-refractivity contribution in [2.24, 2.45) is 0 Å². The minimum Gasteiger partial charge on any atom is -0.310 e. The molecule has 0 unspecified atom stereocenters. The van der Waals surface area contributed by atoms with Crippen LogP contribution in [0.25, 0.3) is 70.9 Å². The van der Waals surface area contributed by atoms with Crippen molar-refractivity contribution in [2.75, 3.05) is 4.90 Å². The molecule has 2 heteroatoms. The van der Waals surface area contributed by atoms with Gasteiger partial charge in [0.15, 0.2) is 0 Å². The normalized spacial score (nSPS) is 12.5. The van der Waals surface area contributed by atoms with Gasteiger partial charge in [-0.2, -0.15) is 0 Å². The number of hydrogen-bond donors (Lipinski definition) is 0. The summed E-state index contributed by atoms with van der Waals surface area (Å²) < 4.78 is 2.46. The Balaban J connectivity index is 1.16. The molecule has 56 heavy (non-hydrogen) atoms. The zero-order valence-electron chi connectivity index (χ0n) is 33.1. The Bertz CT molecular complexity index is 2990. The highest BCUT2D eigenvalue weighted by Crippen LogP contribution is 2.46. The summed E-state index contributed by atoms with van der Waals surface area (Å²) in [4.78, 5) is 2.43. The van der Waals surface area contributed by atoms with Crippen LogP contribution >= 0.6 is 0 Å². The van der Waals surface area contributed by atoms with Crippen molar-refractivity contribution >= 4 is 71.2 Å². The minimum absolute atomic E-state index is 0.0549. The van der Waals surface area contributed by atoms with Crippen LogP contribution in [0.15, 0.2) is 170 Å². The first-order valence-electron chi connectivity index (χ1n) is 19.9. The van der Waals surface area contributed by atoms with Crippen LogP contribution in [-0.2, 0) is 10.8 Å². The van der Waals surface area contributed by atoms with Gasteiger partial charge in [-0.05, 0) is 103 Å². The molecule has 0 aliphatic rings. The molecule has 0 aliphatic carbocycles. The molecule has 0 saturated carbocycles. The Morgan fingerprint density at radius 1 is 0.393 bits per heavy atom. The Morgan fingerprint density at radius 3 is 1.50 bits per heavy atom. The molecule has 0 aliphatic heterocycles. The van der Waals surface area contributed by atoms with Crippen molar-refractivity contribution in [1.82, 2.24) is 4.57 Å². The second-order valence-corrected chi connectivity index (χ2v) is 17.5. The number of anilines is 3. The lowest BCUT2D eigenvalue weighted by atomic mass is 9.79. The number of para-hydroxylation sites is 3. The molecule has 2 nitrogen and oxygen atoms in total. The summed E-state index contributed by atoms with van der Waals surface area (Å²) in [7, 11) is 0. The van der Waals surface area contributed by atoms with Crippen molar-refractivity contribution < 1.29 is 0 Å². The number of nitrogens with zero attached hydrogens (tertiary/aromatic N) is 2. The molecule has 1 heterocycles. The van der Waals surface area contributed by atoms with Gasteiger partial charge in [-0.1, -0.05) is 163 Å². The standard InChI is InChI=1S/C54H46N2/c1-53(2,3)39-32-38(33-40(34-39)54(4,5)6)35-20-26-42(27-21-35)55(41-14-8-7-9-15-41)49-30-24-36-23-29-46-50(31-25-37-22-28-45(49)51(36)52(37)46)56-47-18-12-10-16-43(47)44-17-11-13-19-48(44)56/h7-34H,1-6H3. The molecule has 0 spiro atoms. The topological polar surface area (TPSA) is 8.17 Å². The molecular formula is C54H46N2. The Labute approximate surface area is 329 Å². The number of rotatable bonds is 5. The van der Waals surface area contributed by atoms with E-state index in [1.54, 1.807) is 0 Å². The van der Waals surface area contributed by atoms with E-state index in [4.69, 9.17) is 0 Å². The third-order valence-electron chi connectivity index (χ3n) is 11.8. The van der Waals surface area contributed by atoms with Crippen molar-refractivity contribution in [3.63, 3.8) is 0 Å². The largest absolute Gasteiger partial charge is 0.310 e. The van der Waals surface area contributed by atoms with E-state index in [-0.39, 0.29) is 10.8 Å². The maximum Gasteiger partial charge on any atom is 0.0541 e. The third-order valence-corrected chi connectivity index (χ3v) is 11.8. The van der Waals surface area contributed by atoms with Gasteiger partial charge < -0.3 is 9.47 Å². The van der Waals surface area contributed by atoms with Gasteiger partial charge >= 0.3 is 0 Å². The fourth-order valence-corrected chi connectivity index (χ4v) is 8.81. The molecule has 0 bridgehead atoms. The third kappa shape index (κ3) is 5.46. The number of hydrogen-bond acceptors (Lipinski definition) is 1. The fourth-order valence-electron chi connectivity index (χ4n) is 8.81. The average molecular weight is 723 g/mol. The van der Waals surface area contributed by atoms with E-state index in [1.165, 1.54) is 82.1 Å². The first kappa shape index (κ1) is 34.1. The lowest BCUT2D eigenvalue weighted by Crippen LogP contribution is -2.16. The number of benzene rings is 9. The van der Waals surface area contributed by atoms with E-state index in [2.05, 4.69) is 221 Å². The van der Waals surface area contributed by atoms with E-state index in [0.29, 0.717) is 0 Å². The molecule has 0 atom stereocenters. The molecule has 0 radical (unpaired) electrons. The first-order chi connectivity index (χ1) is 27.0. The maximum absolute atomic E-state index is 2.46. The van der Waals surface area contributed by atoms with Crippen LogP contribution in [-0.4, -0.2) is 4.57 Å². The van der Waals surface area contributed by atoms with Crippen LogP contribution in [0, 0.1) is 0 Å². The molecule has 10 aromatic rings. The zero-order chi connectivity index (χ0) is 38.3. The summed E-state index contributed by atoms with van der Waals surface area (Å²) in [5, 5.41) is 10.1. The van der Waals surface area contributed by atoms with Gasteiger partial charge in [0.25, 0.3) is 0 Å². The van der Waals surface area contributed by atoms with Crippen LogP contribution in [0.1, 0.15) is 52.7 Å². The highest BCUT2D eigenvalue weighted by atomic mass is 15.1. The smallest absolute Gasteiger partial charge is 0.0541 e. The Hall–Kier alpha value is -6.38. The van der Waals surface area contributed by atoms with Crippen LogP contribution in [0.3, 0.4) is 0 Å². The Kier molecular flexibility index (Phi) is 7.67. The van der Waals surface area contributed by atoms with Gasteiger partial charge in [-0.25, -0.2) is 0 Å². The van der Waals surface area contributed by atoms with Crippen molar-refractivity contribution in [3.05, 3.63) is 181 Å². The summed E-state index contributed by atoms with van der Waals surface area (Å²) >= 11 is 0. The molecule has 1 aromatic heterocycles. The predicted molar refractivity (Wildman–Crippen MR) is 242 cm³/mol. The van der Waals surface area contributed by atoms with E-state index in [0.717, 1.165) is 17.1 Å². The van der Waals surface area contributed by atoms with Crippen molar-refractivity contribution in [1.29, 1.82) is 0 Å². The summed E-state index contributed by atoms with van der Waals surface area (Å²) in [6.07, 6.45) is 0. The first-order valence-corrected chi connectivity index (χ1v) is 19.9. The molecule has 10 rings (SSSR count). The average Bonchev–Trinajstić information content (AvgIpc) is 3.54. The van der Waals surface area contributed by atoms with E-state index < -0.39 is 0 Å². The second kappa shape index (κ2) is 12.6. The predicted octanol–water partition coefficient (Wildman–Crippen LogP) is 15.4. The van der Waals surface area contributed by atoms with Crippen molar-refractivity contribution in [3.8, 4) is 16.8 Å². The monoisotopic (exact) mass is 722 g/mol. The summed E-state index contributed by atoms with van der Waals surface area (Å²) in [5.41, 5.74) is 12.4. The summed E-state index contributed by atoms with van der Waals surface area (Å²) in [6, 6.07) is 63.2. The maximum atomic E-state index is 2.46. The highest BCUT2D eigenvalue weighted by molar-refractivity contribution is 6.27. The molecule has 272 valence electrons. The minimum atomic E-state index is 0.0549. The fraction of sp³-hybridized carbons (Fsp3) is 0.148. The molecular weight excluding hydrogens is 677 g/mol. The van der Waals surface area contributed by atoms with Crippen LogP contribution in [0.4, 0.5) is 17.1 Å². The second-order valence-electron chi connectivity index (χ2n) is 17.5. The van der Waals surface area contributed by atoms with E-state index >= 15 is 0 Å². The van der Waals surface area contributed by atoms with Crippen LogP contribution < -0.4 is 4.90 Å². The van der Waals surface area contributed by atoms with Gasteiger partial charge in [0.1, 0.15) is 0 Å². The molecule has 9 aromatic carbocycles. The summed E-state index contributed by atoms with van der Waals surface area (Å²) in [5.74, 6) is 0. The SMILES string of the molecule is CC(C)(C)c1cc(-c2ccc(N(c3ccccc3)c3ccc4ccc5c(-n6c7ccccc7c7ccccc76)ccc6ccc3c4c65)cc2)cc(C(C)(C)C)c1. The van der Waals surface area contributed by atoms with Gasteiger partial charge in [-0.15, -0.1) is 0 Å². The van der Waals surface area contributed by atoms with Crippen LogP contribution in [0.2, 0.25) is 0 Å². The molecule has 0 saturated heterocycles. The summed E-state index contributed by atoms with van der Waals surface area (Å²) in [6.45, 7) is 13.8. The van der Waals surface area contributed by atoms with Gasteiger partial charge in [0, 0.05) is 32.9 Å². The van der Waals surface area contributed by atoms with Crippen molar-refractivity contribution in [2.45, 2.75) is 52.4 Å². The van der Waals surface area contributed by atoms with Gasteiger partial charge in [-0.3, -0.25) is 0 Å². The quantitative estimate of drug-likeness (QED) is 0.161. The van der Waals surface area contributed by atoms with Gasteiger partial charge in [0.2, 0.25) is 0 Å². The number of aromatic nitrogens is 1. The van der Waals surface area contributed by atoms with E-state index in [9.17, 15) is 0 Å². The molecule has 0 amide bonds. The molecule has 0 N–H and O–H groups in total. The van der Waals surface area contributed by atoms with Crippen LogP contribution in [0.5, 0.6) is 0 Å². The van der Waals surface area contributed by atoms with E-state index in [1.807, 2.05) is 0 Å². The number of fused-ring (bicyclic) bond motifs is 3. The van der Waals surface area contributed by atoms with Gasteiger partial charge in [0.05, 0.1) is 22.4 Å².